The van der Waals surface area contributed by atoms with E-state index in [0.717, 1.165) is 44.1 Å². The molecule has 2 aromatic rings. The second kappa shape index (κ2) is 8.23. The van der Waals surface area contributed by atoms with E-state index in [-0.39, 0.29) is 11.9 Å². The van der Waals surface area contributed by atoms with Crippen molar-refractivity contribution in [2.24, 2.45) is 0 Å². The van der Waals surface area contributed by atoms with Crippen molar-refractivity contribution in [2.45, 2.75) is 19.9 Å². The lowest BCUT2D eigenvalue weighted by Gasteiger charge is -2.31. The number of hydrogen-bond acceptors (Lipinski definition) is 4. The summed E-state index contributed by atoms with van der Waals surface area (Å²) in [5.41, 5.74) is 3.82. The number of nitrogens with zero attached hydrogens (tertiary/aromatic N) is 2. The minimum atomic E-state index is -0.0914. The highest BCUT2D eigenvalue weighted by Gasteiger charge is 2.21. The summed E-state index contributed by atoms with van der Waals surface area (Å²) >= 11 is 0. The molecule has 1 atom stereocenters. The van der Waals surface area contributed by atoms with Crippen LogP contribution in [0.3, 0.4) is 0 Å². The highest BCUT2D eigenvalue weighted by Crippen LogP contribution is 2.17. The number of amides is 1. The summed E-state index contributed by atoms with van der Waals surface area (Å²) in [6.45, 7) is 8.03. The van der Waals surface area contributed by atoms with Crippen LogP contribution in [0.15, 0.2) is 42.6 Å². The number of benzene rings is 1. The molecule has 5 heteroatoms. The minimum Gasteiger partial charge on any atom is -0.379 e. The van der Waals surface area contributed by atoms with Crippen LogP contribution in [-0.4, -0.2) is 48.6 Å². The van der Waals surface area contributed by atoms with Crippen LogP contribution in [0.5, 0.6) is 0 Å². The maximum atomic E-state index is 12.7. The van der Waals surface area contributed by atoms with Gasteiger partial charge in [0.15, 0.2) is 0 Å². The van der Waals surface area contributed by atoms with Crippen molar-refractivity contribution in [3.63, 3.8) is 0 Å². The first-order valence-corrected chi connectivity index (χ1v) is 8.72. The molecule has 0 spiro atoms. The topological polar surface area (TPSA) is 54.5 Å². The minimum absolute atomic E-state index is 0.0625. The van der Waals surface area contributed by atoms with E-state index in [1.54, 1.807) is 6.20 Å². The van der Waals surface area contributed by atoms with Gasteiger partial charge in [0.1, 0.15) is 0 Å². The summed E-state index contributed by atoms with van der Waals surface area (Å²) < 4.78 is 5.43. The number of morpholine rings is 1. The zero-order valence-electron chi connectivity index (χ0n) is 14.9. The SMILES string of the molecule is Cc1ccc(C(CN2CCOCC2)NC(=O)c2ccc(C)nc2)cc1. The Hall–Kier alpha value is -2.24. The molecule has 2 heterocycles. The molecule has 0 radical (unpaired) electrons. The Balaban J connectivity index is 1.76. The molecule has 5 nitrogen and oxygen atoms in total. The summed E-state index contributed by atoms with van der Waals surface area (Å²) in [4.78, 5) is 19.2. The van der Waals surface area contributed by atoms with Crippen molar-refractivity contribution in [3.8, 4) is 0 Å². The number of aromatic nitrogens is 1. The maximum Gasteiger partial charge on any atom is 0.253 e. The third kappa shape index (κ3) is 4.87. The van der Waals surface area contributed by atoms with E-state index in [1.807, 2.05) is 19.1 Å². The van der Waals surface area contributed by atoms with Crippen LogP contribution in [0.4, 0.5) is 0 Å². The van der Waals surface area contributed by atoms with E-state index in [1.165, 1.54) is 5.56 Å². The Labute approximate surface area is 149 Å². The maximum absolute atomic E-state index is 12.7. The lowest BCUT2D eigenvalue weighted by Crippen LogP contribution is -2.43. The second-order valence-corrected chi connectivity index (χ2v) is 6.54. The molecule has 1 amide bonds. The van der Waals surface area contributed by atoms with E-state index in [0.29, 0.717) is 5.56 Å². The molecule has 1 aromatic carbocycles. The van der Waals surface area contributed by atoms with Gasteiger partial charge in [-0.2, -0.15) is 0 Å². The van der Waals surface area contributed by atoms with Crippen molar-refractivity contribution in [1.82, 2.24) is 15.2 Å². The molecular weight excluding hydrogens is 314 g/mol. The highest BCUT2D eigenvalue weighted by molar-refractivity contribution is 5.94. The fourth-order valence-electron chi connectivity index (χ4n) is 2.92. The largest absolute Gasteiger partial charge is 0.379 e. The average molecular weight is 339 g/mol. The molecule has 1 aromatic heterocycles. The molecule has 0 bridgehead atoms. The van der Waals surface area contributed by atoms with E-state index in [2.05, 4.69) is 46.4 Å². The Morgan fingerprint density at radius 3 is 2.52 bits per heavy atom. The highest BCUT2D eigenvalue weighted by atomic mass is 16.5. The molecule has 0 saturated carbocycles. The van der Waals surface area contributed by atoms with Gasteiger partial charge in [-0.1, -0.05) is 29.8 Å². The fraction of sp³-hybridized carbons (Fsp3) is 0.400. The molecule has 25 heavy (non-hydrogen) atoms. The van der Waals surface area contributed by atoms with Crippen LogP contribution in [-0.2, 0) is 4.74 Å². The predicted octanol–water partition coefficient (Wildman–Crippen LogP) is 2.50. The molecule has 0 aliphatic carbocycles. The molecule has 1 aliphatic rings. The second-order valence-electron chi connectivity index (χ2n) is 6.54. The molecule has 1 fully saturated rings. The summed E-state index contributed by atoms with van der Waals surface area (Å²) in [5.74, 6) is -0.0914. The van der Waals surface area contributed by atoms with Crippen LogP contribution in [0, 0.1) is 13.8 Å². The first-order valence-electron chi connectivity index (χ1n) is 8.72. The van der Waals surface area contributed by atoms with E-state index in [9.17, 15) is 4.79 Å². The Morgan fingerprint density at radius 2 is 1.88 bits per heavy atom. The molecule has 1 aliphatic heterocycles. The third-order valence-corrected chi connectivity index (χ3v) is 4.50. The Bertz CT molecular complexity index is 692. The van der Waals surface area contributed by atoms with Crippen molar-refractivity contribution >= 4 is 5.91 Å². The molecule has 1 saturated heterocycles. The summed E-state index contributed by atoms with van der Waals surface area (Å²) in [6, 6.07) is 12.0. The average Bonchev–Trinajstić information content (AvgIpc) is 2.63. The fourth-order valence-corrected chi connectivity index (χ4v) is 2.92. The number of carbonyl (C=O) groups is 1. The number of ether oxygens (including phenoxy) is 1. The van der Waals surface area contributed by atoms with Gasteiger partial charge in [0.05, 0.1) is 24.8 Å². The number of rotatable bonds is 5. The smallest absolute Gasteiger partial charge is 0.253 e. The van der Waals surface area contributed by atoms with E-state index >= 15 is 0 Å². The standard InChI is InChI=1S/C20H25N3O2/c1-15-3-6-17(7-4-15)19(14-23-9-11-25-12-10-23)22-20(24)18-8-5-16(2)21-13-18/h3-8,13,19H,9-12,14H2,1-2H3,(H,22,24). The van der Waals surface area contributed by atoms with Crippen LogP contribution in [0.25, 0.3) is 0 Å². The Morgan fingerprint density at radius 1 is 1.16 bits per heavy atom. The quantitative estimate of drug-likeness (QED) is 0.909. The summed E-state index contributed by atoms with van der Waals surface area (Å²) in [5, 5.41) is 3.17. The molecule has 1 unspecified atom stereocenters. The third-order valence-electron chi connectivity index (χ3n) is 4.50. The van der Waals surface area contributed by atoms with Crippen molar-refractivity contribution < 1.29 is 9.53 Å². The Kier molecular flexibility index (Phi) is 5.79. The normalized spacial score (nSPS) is 16.4. The van der Waals surface area contributed by atoms with Gasteiger partial charge in [0, 0.05) is 31.5 Å². The van der Waals surface area contributed by atoms with Gasteiger partial charge >= 0.3 is 0 Å². The van der Waals surface area contributed by atoms with Crippen LogP contribution in [0.2, 0.25) is 0 Å². The van der Waals surface area contributed by atoms with Gasteiger partial charge in [-0.05, 0) is 31.5 Å². The first-order chi connectivity index (χ1) is 12.1. The molecular formula is C20H25N3O2. The van der Waals surface area contributed by atoms with Crippen LogP contribution >= 0.6 is 0 Å². The van der Waals surface area contributed by atoms with Gasteiger partial charge in [0.25, 0.3) is 5.91 Å². The lowest BCUT2D eigenvalue weighted by atomic mass is 10.0. The summed E-state index contributed by atoms with van der Waals surface area (Å²) in [6.07, 6.45) is 1.63. The van der Waals surface area contributed by atoms with Crippen molar-refractivity contribution in [1.29, 1.82) is 0 Å². The number of aryl methyl sites for hydroxylation is 2. The molecule has 3 rings (SSSR count). The van der Waals surface area contributed by atoms with Gasteiger partial charge in [0.2, 0.25) is 0 Å². The van der Waals surface area contributed by atoms with Crippen molar-refractivity contribution in [3.05, 3.63) is 65.0 Å². The lowest BCUT2D eigenvalue weighted by molar-refractivity contribution is 0.0332. The predicted molar refractivity (Wildman–Crippen MR) is 97.6 cm³/mol. The zero-order chi connectivity index (χ0) is 17.6. The van der Waals surface area contributed by atoms with Crippen LogP contribution in [0.1, 0.15) is 33.2 Å². The monoisotopic (exact) mass is 339 g/mol. The summed E-state index contributed by atoms with van der Waals surface area (Å²) in [7, 11) is 0. The van der Waals surface area contributed by atoms with Crippen LogP contribution < -0.4 is 5.32 Å². The number of pyridine rings is 1. The van der Waals surface area contributed by atoms with Gasteiger partial charge in [-0.25, -0.2) is 0 Å². The number of nitrogens with one attached hydrogen (secondary N) is 1. The molecule has 132 valence electrons. The first kappa shape index (κ1) is 17.6. The van der Waals surface area contributed by atoms with Gasteiger partial charge in [-0.15, -0.1) is 0 Å². The number of carbonyl (C=O) groups excluding carboxylic acids is 1. The molecule has 1 N–H and O–H groups in total. The van der Waals surface area contributed by atoms with Gasteiger partial charge < -0.3 is 10.1 Å². The zero-order valence-corrected chi connectivity index (χ0v) is 14.9. The van der Waals surface area contributed by atoms with E-state index < -0.39 is 0 Å². The van der Waals surface area contributed by atoms with Gasteiger partial charge in [-0.3, -0.25) is 14.7 Å². The van der Waals surface area contributed by atoms with E-state index in [4.69, 9.17) is 4.74 Å². The number of hydrogen-bond donors (Lipinski definition) is 1. The van der Waals surface area contributed by atoms with Crippen molar-refractivity contribution in [2.75, 3.05) is 32.8 Å².